The Bertz CT molecular complexity index is 489. The van der Waals surface area contributed by atoms with Crippen LogP contribution in [-0.2, 0) is 17.9 Å². The van der Waals surface area contributed by atoms with E-state index in [1.54, 1.807) is 30.0 Å². The number of nitrogens with one attached hydrogen (secondary N) is 2. The average Bonchev–Trinajstić information content (AvgIpc) is 2.89. The van der Waals surface area contributed by atoms with E-state index in [0.717, 1.165) is 4.88 Å². The molecule has 0 unspecified atom stereocenters. The van der Waals surface area contributed by atoms with E-state index < -0.39 is 0 Å². The number of anilines is 2. The van der Waals surface area contributed by atoms with Gasteiger partial charge in [0.2, 0.25) is 0 Å². The van der Waals surface area contributed by atoms with E-state index >= 15 is 0 Å². The van der Waals surface area contributed by atoms with Crippen molar-refractivity contribution >= 4 is 23.0 Å². The molecule has 8 heteroatoms. The lowest BCUT2D eigenvalue weighted by molar-refractivity contribution is 0.178. The van der Waals surface area contributed by atoms with Crippen molar-refractivity contribution < 1.29 is 4.74 Å². The van der Waals surface area contributed by atoms with Crippen LogP contribution < -0.4 is 16.6 Å². The minimum Gasteiger partial charge on any atom is -0.377 e. The first-order chi connectivity index (χ1) is 8.81. The van der Waals surface area contributed by atoms with Crippen molar-refractivity contribution in [3.05, 3.63) is 28.5 Å². The lowest BCUT2D eigenvalue weighted by Crippen LogP contribution is -2.12. The number of ether oxygens (including phenoxy) is 1. The van der Waals surface area contributed by atoms with E-state index in [-0.39, 0.29) is 0 Å². The van der Waals surface area contributed by atoms with Crippen molar-refractivity contribution in [1.29, 1.82) is 0 Å². The number of hydrogen-bond acceptors (Lipinski definition) is 8. The van der Waals surface area contributed by atoms with Crippen LogP contribution in [0.4, 0.5) is 11.6 Å². The molecule has 0 aliphatic carbocycles. The van der Waals surface area contributed by atoms with Gasteiger partial charge in [-0.3, -0.25) is 4.98 Å². The molecule has 0 spiro atoms. The summed E-state index contributed by atoms with van der Waals surface area (Å²) >= 11 is 1.58. The Morgan fingerprint density at radius 2 is 2.22 bits per heavy atom. The number of aromatic nitrogens is 3. The van der Waals surface area contributed by atoms with Crippen LogP contribution in [0.25, 0.3) is 0 Å². The number of nitrogen functional groups attached to an aromatic ring is 1. The van der Waals surface area contributed by atoms with Crippen LogP contribution in [0, 0.1) is 0 Å². The minimum atomic E-state index is 0.338. The zero-order chi connectivity index (χ0) is 12.8. The highest BCUT2D eigenvalue weighted by atomic mass is 32.1. The van der Waals surface area contributed by atoms with Crippen molar-refractivity contribution in [2.24, 2.45) is 5.84 Å². The smallest absolute Gasteiger partial charge is 0.158 e. The number of thiazole rings is 1. The Kier molecular flexibility index (Phi) is 4.40. The molecule has 2 aromatic heterocycles. The molecule has 96 valence electrons. The second-order valence-electron chi connectivity index (χ2n) is 3.45. The highest BCUT2D eigenvalue weighted by Gasteiger charge is 2.04. The molecule has 4 N–H and O–H groups in total. The molecule has 0 radical (unpaired) electrons. The molecule has 0 aliphatic rings. The molecular weight excluding hydrogens is 252 g/mol. The number of hydrogen-bond donors (Lipinski definition) is 3. The first-order valence-corrected chi connectivity index (χ1v) is 6.14. The largest absolute Gasteiger partial charge is 0.377 e. The van der Waals surface area contributed by atoms with Crippen LogP contribution in [0.3, 0.4) is 0 Å². The third kappa shape index (κ3) is 3.36. The normalized spacial score (nSPS) is 10.3. The molecule has 0 amide bonds. The third-order valence-electron chi connectivity index (χ3n) is 2.12. The van der Waals surface area contributed by atoms with Crippen molar-refractivity contribution in [3.8, 4) is 0 Å². The van der Waals surface area contributed by atoms with E-state index in [0.29, 0.717) is 30.6 Å². The van der Waals surface area contributed by atoms with Gasteiger partial charge in [-0.05, 0) is 0 Å². The Labute approximate surface area is 108 Å². The molecule has 7 nitrogen and oxygen atoms in total. The predicted molar refractivity (Wildman–Crippen MR) is 70.0 cm³/mol. The summed E-state index contributed by atoms with van der Waals surface area (Å²) in [6.45, 7) is 1.00. The van der Waals surface area contributed by atoms with Gasteiger partial charge in [0.15, 0.2) is 5.82 Å². The number of rotatable bonds is 6. The van der Waals surface area contributed by atoms with Crippen LogP contribution in [0.5, 0.6) is 0 Å². The molecule has 0 bridgehead atoms. The fourth-order valence-corrected chi connectivity index (χ4v) is 1.90. The van der Waals surface area contributed by atoms with Crippen LogP contribution >= 0.6 is 11.3 Å². The summed E-state index contributed by atoms with van der Waals surface area (Å²) in [7, 11) is 1.59. The summed E-state index contributed by atoms with van der Waals surface area (Å²) in [5.41, 5.74) is 4.29. The molecule has 0 aliphatic heterocycles. The zero-order valence-electron chi connectivity index (χ0n) is 9.88. The summed E-state index contributed by atoms with van der Waals surface area (Å²) in [4.78, 5) is 13.6. The molecule has 2 aromatic rings. The standard InChI is InChI=1S/C10H14N6OS/c1-17-5-10-14-8(2-9(15-10)16-11)13-4-7-3-12-6-18-7/h2-3,6H,4-5,11H2,1H3,(H2,13,14,15,16). The first kappa shape index (κ1) is 12.7. The maximum absolute atomic E-state index is 5.36. The van der Waals surface area contributed by atoms with Crippen molar-refractivity contribution in [2.75, 3.05) is 17.9 Å². The van der Waals surface area contributed by atoms with E-state index in [1.807, 2.05) is 6.20 Å². The van der Waals surface area contributed by atoms with Gasteiger partial charge >= 0.3 is 0 Å². The fourth-order valence-electron chi connectivity index (χ4n) is 1.36. The van der Waals surface area contributed by atoms with Gasteiger partial charge in [0, 0.05) is 24.3 Å². The Balaban J connectivity index is 2.08. The quantitative estimate of drug-likeness (QED) is 0.529. The molecule has 2 heterocycles. The molecule has 0 saturated carbocycles. The fraction of sp³-hybridized carbons (Fsp3) is 0.300. The lowest BCUT2D eigenvalue weighted by atomic mass is 10.4. The Morgan fingerprint density at radius 3 is 2.89 bits per heavy atom. The van der Waals surface area contributed by atoms with Gasteiger partial charge in [-0.25, -0.2) is 15.8 Å². The van der Waals surface area contributed by atoms with Crippen molar-refractivity contribution in [3.63, 3.8) is 0 Å². The van der Waals surface area contributed by atoms with Crippen LogP contribution in [0.15, 0.2) is 17.8 Å². The molecule has 0 fully saturated rings. The molecule has 0 aromatic carbocycles. The summed E-state index contributed by atoms with van der Waals surface area (Å²) < 4.78 is 5.00. The number of methoxy groups -OCH3 is 1. The molecule has 18 heavy (non-hydrogen) atoms. The minimum absolute atomic E-state index is 0.338. The molecule has 0 atom stereocenters. The van der Waals surface area contributed by atoms with E-state index in [9.17, 15) is 0 Å². The van der Waals surface area contributed by atoms with E-state index in [4.69, 9.17) is 10.6 Å². The Hall–Kier alpha value is -1.77. The van der Waals surface area contributed by atoms with Gasteiger partial charge in [0.1, 0.15) is 18.2 Å². The van der Waals surface area contributed by atoms with Crippen LogP contribution in [0.2, 0.25) is 0 Å². The number of nitrogens with two attached hydrogens (primary N) is 1. The topological polar surface area (TPSA) is 98.0 Å². The number of nitrogens with zero attached hydrogens (tertiary/aromatic N) is 3. The summed E-state index contributed by atoms with van der Waals surface area (Å²) in [6, 6.07) is 1.74. The van der Waals surface area contributed by atoms with E-state index in [2.05, 4.69) is 25.7 Å². The predicted octanol–water partition coefficient (Wildman–Crippen LogP) is 0.977. The third-order valence-corrected chi connectivity index (χ3v) is 2.90. The van der Waals surface area contributed by atoms with Crippen molar-refractivity contribution in [2.45, 2.75) is 13.2 Å². The van der Waals surface area contributed by atoms with Gasteiger partial charge in [-0.2, -0.15) is 0 Å². The second kappa shape index (κ2) is 6.24. The highest BCUT2D eigenvalue weighted by molar-refractivity contribution is 7.09. The monoisotopic (exact) mass is 266 g/mol. The average molecular weight is 266 g/mol. The summed E-state index contributed by atoms with van der Waals surface area (Å²) in [5, 5.41) is 3.19. The molecule has 0 saturated heterocycles. The zero-order valence-corrected chi connectivity index (χ0v) is 10.7. The van der Waals surface area contributed by atoms with Gasteiger partial charge < -0.3 is 15.5 Å². The van der Waals surface area contributed by atoms with Crippen LogP contribution in [-0.4, -0.2) is 22.1 Å². The van der Waals surface area contributed by atoms with Crippen LogP contribution in [0.1, 0.15) is 10.7 Å². The lowest BCUT2D eigenvalue weighted by Gasteiger charge is -2.08. The van der Waals surface area contributed by atoms with Gasteiger partial charge in [0.25, 0.3) is 0 Å². The van der Waals surface area contributed by atoms with Crippen molar-refractivity contribution in [1.82, 2.24) is 15.0 Å². The SMILES string of the molecule is COCc1nc(NN)cc(NCc2cncs2)n1. The first-order valence-electron chi connectivity index (χ1n) is 5.26. The second-order valence-corrected chi connectivity index (χ2v) is 4.42. The van der Waals surface area contributed by atoms with Gasteiger partial charge in [0.05, 0.1) is 12.1 Å². The van der Waals surface area contributed by atoms with Gasteiger partial charge in [-0.1, -0.05) is 0 Å². The summed E-state index contributed by atoms with van der Waals surface area (Å²) in [5.74, 6) is 7.17. The Morgan fingerprint density at radius 1 is 1.39 bits per heavy atom. The summed E-state index contributed by atoms with van der Waals surface area (Å²) in [6.07, 6.45) is 1.82. The molecule has 2 rings (SSSR count). The van der Waals surface area contributed by atoms with Gasteiger partial charge in [-0.15, -0.1) is 11.3 Å². The maximum Gasteiger partial charge on any atom is 0.158 e. The number of hydrazine groups is 1. The maximum atomic E-state index is 5.36. The highest BCUT2D eigenvalue weighted by Crippen LogP contribution is 2.13. The molecular formula is C10H14N6OS. The van der Waals surface area contributed by atoms with E-state index in [1.165, 1.54) is 0 Å².